The summed E-state index contributed by atoms with van der Waals surface area (Å²) in [4.78, 5) is 145. The van der Waals surface area contributed by atoms with Crippen molar-refractivity contribution in [1.82, 2.24) is 42.5 Å². The van der Waals surface area contributed by atoms with E-state index in [9.17, 15) is 49.2 Å². The van der Waals surface area contributed by atoms with Crippen molar-refractivity contribution in [3.8, 4) is 5.75 Å². The molecule has 1 heterocycles. The van der Waals surface area contributed by atoms with Crippen LogP contribution in [0.1, 0.15) is 112 Å². The van der Waals surface area contributed by atoms with Crippen LogP contribution in [0.2, 0.25) is 0 Å². The third-order valence-corrected chi connectivity index (χ3v) is 21.5. The molecule has 8 rings (SSSR count). The second kappa shape index (κ2) is 38.9. The minimum atomic E-state index is -1.88. The first kappa shape index (κ1) is 80.2. The summed E-state index contributed by atoms with van der Waals surface area (Å²) in [6.45, 7) is 7.50. The van der Waals surface area contributed by atoms with Gasteiger partial charge in [-0.25, -0.2) is 9.59 Å². The zero-order valence-electron chi connectivity index (χ0n) is 58.7. The lowest BCUT2D eigenvalue weighted by Crippen LogP contribution is -2.62. The number of hydrogen-bond acceptors (Lipinski definition) is 17. The largest absolute Gasteiger partial charge is 0.508 e. The molecule has 1 aliphatic carbocycles. The molecule has 23 nitrogen and oxygen atoms in total. The highest BCUT2D eigenvalue weighted by Gasteiger charge is 2.40. The van der Waals surface area contributed by atoms with Crippen molar-refractivity contribution in [2.45, 2.75) is 157 Å². The van der Waals surface area contributed by atoms with Crippen molar-refractivity contribution in [1.29, 1.82) is 0 Å². The number of benzene rings is 6. The molecule has 0 radical (unpaired) electrons. The van der Waals surface area contributed by atoms with Gasteiger partial charge in [-0.2, -0.15) is 0 Å². The Morgan fingerprint density at radius 2 is 1.22 bits per heavy atom. The number of aliphatic carboxylic acids is 1. The van der Waals surface area contributed by atoms with E-state index in [0.717, 1.165) is 56.3 Å². The van der Waals surface area contributed by atoms with Crippen LogP contribution in [0, 0.1) is 5.92 Å². The van der Waals surface area contributed by atoms with E-state index < -0.39 is 142 Å². The number of aliphatic hydroxyl groups excluding tert-OH is 2. The topological polar surface area (TPSA) is 357 Å². The number of aliphatic hydroxyl groups is 2. The Morgan fingerprint density at radius 1 is 0.644 bits per heavy atom. The van der Waals surface area contributed by atoms with Crippen molar-refractivity contribution < 1.29 is 73.1 Å². The van der Waals surface area contributed by atoms with Crippen LogP contribution in [-0.4, -0.2) is 164 Å². The molecule has 0 bridgehead atoms. The monoisotopic (exact) mass is 1480 g/mol. The van der Waals surface area contributed by atoms with Gasteiger partial charge in [0.25, 0.3) is 0 Å². The maximum absolute atomic E-state index is 15.5. The molecule has 104 heavy (non-hydrogen) atoms. The lowest BCUT2D eigenvalue weighted by molar-refractivity contribution is -0.145. The summed E-state index contributed by atoms with van der Waals surface area (Å²) in [5.74, 6) is -10.2. The molecule has 0 aromatic heterocycles. The summed E-state index contributed by atoms with van der Waals surface area (Å²) < 4.78 is 4.60. The number of carboxylic acids is 1. The molecule has 1 fully saturated rings. The number of fused-ring (bicyclic) bond motifs is 1. The van der Waals surface area contributed by atoms with Gasteiger partial charge in [-0.3, -0.25) is 38.4 Å². The number of hydrogen-bond donors (Lipinski definition) is 12. The normalized spacial score (nSPS) is 19.8. The van der Waals surface area contributed by atoms with Crippen molar-refractivity contribution in [3.63, 3.8) is 0 Å². The summed E-state index contributed by atoms with van der Waals surface area (Å²) >= 11 is 1.56. The predicted octanol–water partition coefficient (Wildman–Crippen LogP) is 7.23. The molecular formula is C78H92N8O15S3. The number of unbranched alkanes of at least 4 members (excludes halogenated alkanes) is 1. The van der Waals surface area contributed by atoms with Gasteiger partial charge >= 0.3 is 12.1 Å². The van der Waals surface area contributed by atoms with E-state index in [1.807, 2.05) is 121 Å². The van der Waals surface area contributed by atoms with Gasteiger partial charge < -0.3 is 67.7 Å². The highest BCUT2D eigenvalue weighted by atomic mass is 33.1. The summed E-state index contributed by atoms with van der Waals surface area (Å²) in [6, 6.07) is 41.1. The number of phenolic OH excluding ortho intramolecular Hbond substituents is 1. The molecule has 6 aromatic carbocycles. The molecule has 8 amide bonds. The average Bonchev–Trinajstić information content (AvgIpc) is 0.941. The Bertz CT molecular complexity index is 3850. The SMILES string of the molecule is C[C@@H](O)[C@H](NC(=O)[C@@H]1CSSC[C@H](NC(=O)[C@@H](Cc2ccccc2)NC(=O)CCSC(c2ccccc2)(c2ccccc2)c2ccccc2)C(=O)C[C@@H](Cc2ccc(O)cc2)C(=O)N[C@H](CC2=CCc3ccccc32)C(=O)N[C@@H](CCCCNC(=O)OC(C)(C)C)C(=O)N[C@@H]([C@@H](C)O)C(=O)N1)C(=O)O. The summed E-state index contributed by atoms with van der Waals surface area (Å²) in [5.41, 5.74) is 5.73. The average molecular weight is 1480 g/mol. The maximum Gasteiger partial charge on any atom is 0.407 e. The number of carbonyl (C=O) groups is 10. The van der Waals surface area contributed by atoms with Crippen LogP contribution >= 0.6 is 33.3 Å². The number of aromatic hydroxyl groups is 1. The van der Waals surface area contributed by atoms with Crippen LogP contribution in [0.4, 0.5) is 4.79 Å². The van der Waals surface area contributed by atoms with Crippen LogP contribution in [0.25, 0.3) is 5.57 Å². The van der Waals surface area contributed by atoms with E-state index in [-0.39, 0.29) is 68.7 Å². The number of alkyl carbamates (subject to hydrolysis) is 1. The fourth-order valence-electron chi connectivity index (χ4n) is 12.2. The molecule has 1 aliphatic heterocycles. The minimum Gasteiger partial charge on any atom is -0.508 e. The third kappa shape index (κ3) is 23.5. The van der Waals surface area contributed by atoms with Crippen molar-refractivity contribution >= 4 is 98.1 Å². The van der Waals surface area contributed by atoms with E-state index in [1.54, 1.807) is 75.0 Å². The summed E-state index contributed by atoms with van der Waals surface area (Å²) in [7, 11) is 1.85. The predicted molar refractivity (Wildman–Crippen MR) is 402 cm³/mol. The second-order valence-electron chi connectivity index (χ2n) is 26.8. The Balaban J connectivity index is 1.15. The van der Waals surface area contributed by atoms with Gasteiger partial charge in [0.2, 0.25) is 41.4 Å². The van der Waals surface area contributed by atoms with Gasteiger partial charge in [-0.05, 0) is 123 Å². The number of ether oxygens (including phenoxy) is 1. The Hall–Kier alpha value is -9.47. The van der Waals surface area contributed by atoms with Gasteiger partial charge in [-0.15, -0.1) is 11.8 Å². The molecule has 0 spiro atoms. The van der Waals surface area contributed by atoms with E-state index in [2.05, 4.69) is 42.5 Å². The molecule has 26 heteroatoms. The van der Waals surface area contributed by atoms with Gasteiger partial charge in [-0.1, -0.05) is 185 Å². The number of carboxylic acid groups (broad SMARTS) is 1. The summed E-state index contributed by atoms with van der Waals surface area (Å²) in [5, 5.41) is 63.6. The molecule has 0 saturated carbocycles. The molecule has 1 saturated heterocycles. The number of carbonyl (C=O) groups excluding carboxylic acids is 9. The number of amides is 8. The molecule has 6 aromatic rings. The number of thioether (sulfide) groups is 1. The lowest BCUT2D eigenvalue weighted by Gasteiger charge is -2.35. The van der Waals surface area contributed by atoms with Crippen molar-refractivity contribution in [3.05, 3.63) is 215 Å². The van der Waals surface area contributed by atoms with Crippen LogP contribution in [0.15, 0.2) is 176 Å². The van der Waals surface area contributed by atoms with Gasteiger partial charge in [0.15, 0.2) is 11.8 Å². The quantitative estimate of drug-likeness (QED) is 0.0145. The number of ketones is 1. The smallest absolute Gasteiger partial charge is 0.407 e. The molecule has 2 aliphatic rings. The lowest BCUT2D eigenvalue weighted by atomic mass is 9.84. The van der Waals surface area contributed by atoms with E-state index in [0.29, 0.717) is 23.1 Å². The van der Waals surface area contributed by atoms with Crippen LogP contribution in [0.5, 0.6) is 5.75 Å². The van der Waals surface area contributed by atoms with Crippen molar-refractivity contribution in [2.24, 2.45) is 5.92 Å². The highest BCUT2D eigenvalue weighted by molar-refractivity contribution is 8.76. The van der Waals surface area contributed by atoms with Gasteiger partial charge in [0.05, 0.1) is 23.0 Å². The third-order valence-electron chi connectivity index (χ3n) is 17.6. The number of allylic oxidation sites excluding steroid dienone is 1. The zero-order valence-corrected chi connectivity index (χ0v) is 61.2. The zero-order chi connectivity index (χ0) is 74.9. The van der Waals surface area contributed by atoms with Gasteiger partial charge in [0.1, 0.15) is 41.6 Å². The standard InChI is InChI=1S/C78H92N8O15S3/c1-48(87)67-74(97)84-64(73(96)86-68(49(2)88)75(98)99)47-104-103-46-63(83-71(94)61(43-50-22-10-6-11-23-50)80-66(91)39-41-102-78(55-25-12-7-13-26-55,56-27-14-8-15-28-56)57-29-16-9-17-30-57)65(90)45-54(42-51-33-37-58(89)38-34-51)69(92)82-62(44-53-36-35-52-24-18-19-31-59(52)53)72(95)81-60(70(93)85-67)32-20-21-40-79-76(100)101-77(3,4)5/h6-19,22-31,33-34,36-38,48-49,54,60-64,67-68,87-89H,20-21,32,35,39-47H2,1-5H3,(H,79,100)(H,80,91)(H,81,95)(H,82,92)(H,83,94)(H,84,97)(H,85,93)(H,86,96)(H,98,99)/t48-,49-,54-,60+,61-,62-,63+,64+,67+,68+/m1/s1. The second-order valence-corrected chi connectivity index (χ2v) is 30.6. The Kier molecular flexibility index (Phi) is 30.0. The van der Waals surface area contributed by atoms with Crippen LogP contribution < -0.4 is 42.5 Å². The Labute approximate surface area is 617 Å². The molecule has 12 N–H and O–H groups in total. The molecule has 10 atom stereocenters. The fourth-order valence-corrected chi connectivity index (χ4v) is 16.1. The minimum absolute atomic E-state index is 0.0348. The summed E-state index contributed by atoms with van der Waals surface area (Å²) in [6.07, 6.45) is -2.28. The highest BCUT2D eigenvalue weighted by Crippen LogP contribution is 2.48. The van der Waals surface area contributed by atoms with E-state index >= 15 is 19.2 Å². The number of nitrogens with one attached hydrogen (secondary N) is 8. The van der Waals surface area contributed by atoms with Crippen LogP contribution in [0.3, 0.4) is 0 Å². The molecule has 552 valence electrons. The maximum atomic E-state index is 15.5. The van der Waals surface area contributed by atoms with Gasteiger partial charge in [0, 0.05) is 55.4 Å². The molecular weight excluding hydrogens is 1390 g/mol. The van der Waals surface area contributed by atoms with E-state index in [4.69, 9.17) is 4.74 Å². The van der Waals surface area contributed by atoms with Crippen molar-refractivity contribution in [2.75, 3.05) is 23.8 Å². The number of Topliss-reactive ketones (excluding diaryl/α,β-unsaturated/α-hetero) is 1. The number of rotatable bonds is 26. The van der Waals surface area contributed by atoms with Crippen LogP contribution in [-0.2, 0) is 71.9 Å². The first-order chi connectivity index (χ1) is 49.8. The Morgan fingerprint density at radius 3 is 1.82 bits per heavy atom. The van der Waals surface area contributed by atoms with E-state index in [1.165, 1.54) is 19.1 Å². The first-order valence-electron chi connectivity index (χ1n) is 34.6. The fraction of sp³-hybridized carbons (Fsp3) is 0.385. The first-order valence-corrected chi connectivity index (χ1v) is 38.1. The number of phenols is 1. The molecule has 0 unspecified atom stereocenters.